The lowest BCUT2D eigenvalue weighted by Gasteiger charge is -2.34. The van der Waals surface area contributed by atoms with Gasteiger partial charge in [-0.15, -0.1) is 0 Å². The van der Waals surface area contributed by atoms with Crippen LogP contribution in [0.2, 0.25) is 0 Å². The lowest BCUT2D eigenvalue weighted by Crippen LogP contribution is -2.27. The van der Waals surface area contributed by atoms with Crippen molar-refractivity contribution in [1.29, 1.82) is 0 Å². The van der Waals surface area contributed by atoms with E-state index in [9.17, 15) is 9.59 Å². The molecular formula is C27H36O4. The van der Waals surface area contributed by atoms with E-state index >= 15 is 0 Å². The van der Waals surface area contributed by atoms with Crippen molar-refractivity contribution in [3.63, 3.8) is 0 Å². The van der Waals surface area contributed by atoms with Gasteiger partial charge in [-0.3, -0.25) is 9.59 Å². The Morgan fingerprint density at radius 1 is 0.871 bits per heavy atom. The molecule has 0 aliphatic rings. The molecule has 0 aromatic heterocycles. The maximum absolute atomic E-state index is 12.2. The first kappa shape index (κ1) is 24.6. The zero-order valence-corrected chi connectivity index (χ0v) is 20.0. The maximum atomic E-state index is 12.2. The number of carbonyl (C=O) groups is 2. The number of Topliss-reactive ketones (excluding diaryl/α,β-unsaturated/α-hetero) is 1. The highest BCUT2D eigenvalue weighted by molar-refractivity contribution is 5.85. The molecule has 0 amide bonds. The van der Waals surface area contributed by atoms with E-state index in [-0.39, 0.29) is 24.4 Å². The van der Waals surface area contributed by atoms with E-state index < -0.39 is 5.41 Å². The molecule has 0 unspecified atom stereocenters. The molecule has 0 spiro atoms. The fraction of sp³-hybridized carbons (Fsp3) is 0.481. The SMILES string of the molecule is CCC(CC)(c1ccc(OCC=O)c(C)c1)c1ccc(OCC(=O)C(C)(C)C)c(C)c1. The number of aryl methyl sites for hydroxylation is 2. The van der Waals surface area contributed by atoms with E-state index in [1.165, 1.54) is 11.1 Å². The van der Waals surface area contributed by atoms with Gasteiger partial charge in [-0.2, -0.15) is 0 Å². The van der Waals surface area contributed by atoms with Gasteiger partial charge in [-0.05, 0) is 61.1 Å². The zero-order valence-electron chi connectivity index (χ0n) is 20.0. The summed E-state index contributed by atoms with van der Waals surface area (Å²) in [6.45, 7) is 14.3. The number of ketones is 1. The predicted molar refractivity (Wildman–Crippen MR) is 125 cm³/mol. The summed E-state index contributed by atoms with van der Waals surface area (Å²) in [5.41, 5.74) is 3.94. The molecule has 0 aliphatic carbocycles. The number of carbonyl (C=O) groups excluding carboxylic acids is 2. The molecule has 4 heteroatoms. The highest BCUT2D eigenvalue weighted by Crippen LogP contribution is 2.41. The van der Waals surface area contributed by atoms with Crippen molar-refractivity contribution in [2.24, 2.45) is 5.41 Å². The first-order chi connectivity index (χ1) is 14.6. The van der Waals surface area contributed by atoms with Gasteiger partial charge in [0.25, 0.3) is 0 Å². The Kier molecular flexibility index (Phi) is 8.05. The summed E-state index contributed by atoms with van der Waals surface area (Å²) in [6.07, 6.45) is 2.65. The van der Waals surface area contributed by atoms with Gasteiger partial charge in [0.1, 0.15) is 24.7 Å². The second-order valence-electron chi connectivity index (χ2n) is 9.19. The molecule has 0 saturated heterocycles. The van der Waals surface area contributed by atoms with Crippen LogP contribution in [-0.2, 0) is 15.0 Å². The average Bonchev–Trinajstić information content (AvgIpc) is 2.73. The molecule has 0 bridgehead atoms. The van der Waals surface area contributed by atoms with E-state index in [0.717, 1.165) is 41.8 Å². The van der Waals surface area contributed by atoms with Crippen molar-refractivity contribution in [3.8, 4) is 11.5 Å². The van der Waals surface area contributed by atoms with Gasteiger partial charge in [-0.1, -0.05) is 58.9 Å². The van der Waals surface area contributed by atoms with Crippen LogP contribution in [0, 0.1) is 19.3 Å². The Balaban J connectivity index is 2.36. The van der Waals surface area contributed by atoms with Crippen molar-refractivity contribution in [3.05, 3.63) is 58.7 Å². The van der Waals surface area contributed by atoms with Gasteiger partial charge in [0.05, 0.1) is 0 Å². The maximum Gasteiger partial charge on any atom is 0.175 e. The second kappa shape index (κ2) is 10.1. The van der Waals surface area contributed by atoms with Crippen LogP contribution in [0.5, 0.6) is 11.5 Å². The van der Waals surface area contributed by atoms with Crippen molar-refractivity contribution in [2.75, 3.05) is 13.2 Å². The van der Waals surface area contributed by atoms with Crippen LogP contribution in [-0.4, -0.2) is 25.3 Å². The van der Waals surface area contributed by atoms with Crippen LogP contribution in [0.4, 0.5) is 0 Å². The fourth-order valence-corrected chi connectivity index (χ4v) is 3.93. The quantitative estimate of drug-likeness (QED) is 0.440. The Hall–Kier alpha value is -2.62. The standard InChI is InChI=1S/C27H36O4/c1-8-27(9-2,21-10-12-23(19(3)16-21)30-15-14-28)22-11-13-24(20(4)17-22)31-18-25(29)26(5,6)7/h10-14,16-17H,8-9,15,18H2,1-7H3. The first-order valence-electron chi connectivity index (χ1n) is 11.0. The normalized spacial score (nSPS) is 11.8. The highest BCUT2D eigenvalue weighted by atomic mass is 16.5. The molecular weight excluding hydrogens is 388 g/mol. The van der Waals surface area contributed by atoms with E-state index in [1.54, 1.807) is 0 Å². The lowest BCUT2D eigenvalue weighted by atomic mass is 9.70. The molecule has 2 rings (SSSR count). The van der Waals surface area contributed by atoms with Crippen LogP contribution in [0.15, 0.2) is 36.4 Å². The summed E-state index contributed by atoms with van der Waals surface area (Å²) < 4.78 is 11.4. The summed E-state index contributed by atoms with van der Waals surface area (Å²) in [5, 5.41) is 0. The summed E-state index contributed by atoms with van der Waals surface area (Å²) in [4.78, 5) is 22.9. The molecule has 168 valence electrons. The topological polar surface area (TPSA) is 52.6 Å². The molecule has 31 heavy (non-hydrogen) atoms. The molecule has 0 N–H and O–H groups in total. The van der Waals surface area contributed by atoms with Crippen LogP contribution in [0.3, 0.4) is 0 Å². The average molecular weight is 425 g/mol. The highest BCUT2D eigenvalue weighted by Gasteiger charge is 2.31. The third-order valence-corrected chi connectivity index (χ3v) is 6.16. The van der Waals surface area contributed by atoms with Crippen molar-refractivity contribution in [2.45, 2.75) is 66.7 Å². The summed E-state index contributed by atoms with van der Waals surface area (Å²) in [6, 6.07) is 12.5. The number of rotatable bonds is 10. The zero-order chi connectivity index (χ0) is 23.2. The van der Waals surface area contributed by atoms with Crippen LogP contribution in [0.1, 0.15) is 69.7 Å². The second-order valence-corrected chi connectivity index (χ2v) is 9.19. The number of hydrogen-bond acceptors (Lipinski definition) is 4. The van der Waals surface area contributed by atoms with Gasteiger partial charge < -0.3 is 9.47 Å². The van der Waals surface area contributed by atoms with Crippen LogP contribution >= 0.6 is 0 Å². The summed E-state index contributed by atoms with van der Waals surface area (Å²) >= 11 is 0. The van der Waals surface area contributed by atoms with Gasteiger partial charge in [0.15, 0.2) is 12.1 Å². The number of hydrogen-bond donors (Lipinski definition) is 0. The van der Waals surface area contributed by atoms with E-state index in [1.807, 2.05) is 46.8 Å². The summed E-state index contributed by atoms with van der Waals surface area (Å²) in [7, 11) is 0. The largest absolute Gasteiger partial charge is 0.486 e. The van der Waals surface area contributed by atoms with Crippen molar-refractivity contribution in [1.82, 2.24) is 0 Å². The van der Waals surface area contributed by atoms with E-state index in [2.05, 4.69) is 38.1 Å². The van der Waals surface area contributed by atoms with Crippen molar-refractivity contribution >= 4 is 12.1 Å². The first-order valence-corrected chi connectivity index (χ1v) is 11.0. The molecule has 0 fully saturated rings. The molecule has 4 nitrogen and oxygen atoms in total. The molecule has 0 aliphatic heterocycles. The van der Waals surface area contributed by atoms with Gasteiger partial charge in [0.2, 0.25) is 0 Å². The Bertz CT molecular complexity index is 917. The molecule has 2 aromatic rings. The fourth-order valence-electron chi connectivity index (χ4n) is 3.93. The minimum Gasteiger partial charge on any atom is -0.486 e. The predicted octanol–water partition coefficient (Wildman–Crippen LogP) is 5.98. The lowest BCUT2D eigenvalue weighted by molar-refractivity contribution is -0.128. The number of ether oxygens (including phenoxy) is 2. The van der Waals surface area contributed by atoms with Gasteiger partial charge >= 0.3 is 0 Å². The molecule has 0 saturated carbocycles. The molecule has 0 radical (unpaired) electrons. The van der Waals surface area contributed by atoms with Crippen LogP contribution in [0.25, 0.3) is 0 Å². The van der Waals surface area contributed by atoms with E-state index in [0.29, 0.717) is 0 Å². The molecule has 2 aromatic carbocycles. The molecule has 0 heterocycles. The Morgan fingerprint density at radius 2 is 1.35 bits per heavy atom. The minimum absolute atomic E-state index is 0.0608. The van der Waals surface area contributed by atoms with Crippen molar-refractivity contribution < 1.29 is 19.1 Å². The van der Waals surface area contributed by atoms with Crippen LogP contribution < -0.4 is 9.47 Å². The van der Waals surface area contributed by atoms with Gasteiger partial charge in [0, 0.05) is 10.8 Å². The monoisotopic (exact) mass is 424 g/mol. The van der Waals surface area contributed by atoms with Gasteiger partial charge in [-0.25, -0.2) is 0 Å². The number of benzene rings is 2. The minimum atomic E-state index is -0.410. The smallest absolute Gasteiger partial charge is 0.175 e. The van der Waals surface area contributed by atoms with E-state index in [4.69, 9.17) is 9.47 Å². The third-order valence-electron chi connectivity index (χ3n) is 6.16. The Labute approximate surface area is 187 Å². The Morgan fingerprint density at radius 3 is 1.74 bits per heavy atom. The molecule has 0 atom stereocenters. The third kappa shape index (κ3) is 5.55. The summed E-state index contributed by atoms with van der Waals surface area (Å²) in [5.74, 6) is 1.57. The number of aldehydes is 1.